The molecule has 0 unspecified atom stereocenters. The number of nitrogens with zero attached hydrogens (tertiary/aromatic N) is 3. The predicted octanol–water partition coefficient (Wildman–Crippen LogP) is 2.47. The molecule has 1 aromatic heterocycles. The van der Waals surface area contributed by atoms with Crippen molar-refractivity contribution >= 4 is 5.69 Å². The first-order valence-corrected chi connectivity index (χ1v) is 6.37. The van der Waals surface area contributed by atoms with Gasteiger partial charge in [-0.2, -0.15) is 5.10 Å². The van der Waals surface area contributed by atoms with Crippen LogP contribution in [0.4, 0.5) is 5.69 Å². The quantitative estimate of drug-likeness (QED) is 0.624. The third-order valence-electron chi connectivity index (χ3n) is 3.33. The molecule has 0 aliphatic heterocycles. The maximum Gasteiger partial charge on any atom is 0.312 e. The van der Waals surface area contributed by atoms with Crippen LogP contribution in [-0.4, -0.2) is 28.9 Å². The second-order valence-corrected chi connectivity index (χ2v) is 4.61. The fourth-order valence-electron chi connectivity index (χ4n) is 2.27. The molecule has 7 nitrogen and oxygen atoms in total. The van der Waals surface area contributed by atoms with E-state index in [1.54, 1.807) is 44.9 Å². The summed E-state index contributed by atoms with van der Waals surface area (Å²) in [5.41, 5.74) is 1.82. The van der Waals surface area contributed by atoms with Gasteiger partial charge in [-0.25, -0.2) is 0 Å². The number of hydrogen-bond donors (Lipinski definition) is 0. The smallest absolute Gasteiger partial charge is 0.312 e. The van der Waals surface area contributed by atoms with Gasteiger partial charge in [0.15, 0.2) is 0 Å². The molecule has 0 aliphatic rings. The fraction of sp³-hybridized carbons (Fsp3) is 0.357. The Labute approximate surface area is 122 Å². The molecule has 7 heteroatoms. The van der Waals surface area contributed by atoms with Gasteiger partial charge in [-0.05, 0) is 32.0 Å². The minimum atomic E-state index is -0.406. The highest BCUT2D eigenvalue weighted by atomic mass is 16.6. The Morgan fingerprint density at radius 1 is 1.29 bits per heavy atom. The van der Waals surface area contributed by atoms with E-state index in [0.29, 0.717) is 29.4 Å². The molecule has 0 aliphatic carbocycles. The van der Waals surface area contributed by atoms with E-state index in [0.717, 1.165) is 5.56 Å². The van der Waals surface area contributed by atoms with Gasteiger partial charge in [-0.15, -0.1) is 0 Å². The average Bonchev–Trinajstić information content (AvgIpc) is 2.73. The Hall–Kier alpha value is -2.57. The highest BCUT2D eigenvalue weighted by Crippen LogP contribution is 2.27. The van der Waals surface area contributed by atoms with Crippen LogP contribution in [-0.2, 0) is 6.54 Å². The number of benzene rings is 1. The summed E-state index contributed by atoms with van der Waals surface area (Å²) in [6, 6.07) is 5.43. The van der Waals surface area contributed by atoms with E-state index in [1.807, 2.05) is 6.07 Å². The van der Waals surface area contributed by atoms with Crippen molar-refractivity contribution in [2.75, 3.05) is 14.2 Å². The van der Waals surface area contributed by atoms with Crippen LogP contribution >= 0.6 is 0 Å². The molecule has 0 spiro atoms. The molecule has 1 heterocycles. The van der Waals surface area contributed by atoms with Crippen molar-refractivity contribution in [3.05, 3.63) is 45.3 Å². The van der Waals surface area contributed by atoms with Crippen LogP contribution in [0.5, 0.6) is 11.5 Å². The average molecular weight is 291 g/mol. The standard InChI is InChI=1S/C14H17N3O4/c1-9-14(17(18)19)10(2)16(15-9)8-11-7-12(20-3)5-6-13(11)21-4/h5-7H,8H2,1-4H3. The molecule has 0 bridgehead atoms. The largest absolute Gasteiger partial charge is 0.497 e. The molecular formula is C14H17N3O4. The van der Waals surface area contributed by atoms with Crippen LogP contribution in [0.3, 0.4) is 0 Å². The molecule has 1 aromatic carbocycles. The number of hydrogen-bond acceptors (Lipinski definition) is 5. The molecule has 112 valence electrons. The Morgan fingerprint density at radius 2 is 2.00 bits per heavy atom. The summed E-state index contributed by atoms with van der Waals surface area (Å²) in [6.07, 6.45) is 0. The van der Waals surface area contributed by atoms with E-state index in [4.69, 9.17) is 9.47 Å². The zero-order valence-corrected chi connectivity index (χ0v) is 12.4. The summed E-state index contributed by atoms with van der Waals surface area (Å²) in [6.45, 7) is 3.69. The SMILES string of the molecule is COc1ccc(OC)c(Cn2nc(C)c([N+](=O)[O-])c2C)c1. The van der Waals surface area contributed by atoms with Gasteiger partial charge in [-0.3, -0.25) is 14.8 Å². The highest BCUT2D eigenvalue weighted by Gasteiger charge is 2.22. The number of nitro groups is 1. The van der Waals surface area contributed by atoms with Crippen LogP contribution in [0.25, 0.3) is 0 Å². The second-order valence-electron chi connectivity index (χ2n) is 4.61. The van der Waals surface area contributed by atoms with Crippen molar-refractivity contribution in [3.8, 4) is 11.5 Å². The van der Waals surface area contributed by atoms with Gasteiger partial charge in [0.05, 0.1) is 25.7 Å². The molecular weight excluding hydrogens is 274 g/mol. The molecule has 0 radical (unpaired) electrons. The third-order valence-corrected chi connectivity index (χ3v) is 3.33. The van der Waals surface area contributed by atoms with Crippen LogP contribution in [0.1, 0.15) is 17.0 Å². The molecule has 0 saturated heterocycles. The third kappa shape index (κ3) is 2.81. The number of aryl methyl sites for hydroxylation is 1. The summed E-state index contributed by atoms with van der Waals surface area (Å²) in [7, 11) is 3.16. The van der Waals surface area contributed by atoms with Crippen molar-refractivity contribution < 1.29 is 14.4 Å². The summed E-state index contributed by atoms with van der Waals surface area (Å²) in [5, 5.41) is 15.3. The molecule has 2 rings (SSSR count). The van der Waals surface area contributed by atoms with E-state index in [1.165, 1.54) is 0 Å². The lowest BCUT2D eigenvalue weighted by Crippen LogP contribution is -2.06. The monoisotopic (exact) mass is 291 g/mol. The minimum Gasteiger partial charge on any atom is -0.497 e. The van der Waals surface area contributed by atoms with Crippen molar-refractivity contribution in [2.45, 2.75) is 20.4 Å². The molecule has 0 N–H and O–H groups in total. The van der Waals surface area contributed by atoms with E-state index in [-0.39, 0.29) is 5.69 Å². The summed E-state index contributed by atoms with van der Waals surface area (Å²) in [5.74, 6) is 1.38. The van der Waals surface area contributed by atoms with E-state index >= 15 is 0 Å². The number of ether oxygens (including phenoxy) is 2. The highest BCUT2D eigenvalue weighted by molar-refractivity contribution is 5.43. The zero-order chi connectivity index (χ0) is 15.6. The van der Waals surface area contributed by atoms with Crippen LogP contribution in [0.15, 0.2) is 18.2 Å². The Morgan fingerprint density at radius 3 is 2.52 bits per heavy atom. The number of methoxy groups -OCH3 is 2. The van der Waals surface area contributed by atoms with E-state index in [2.05, 4.69) is 5.10 Å². The van der Waals surface area contributed by atoms with Gasteiger partial charge in [0, 0.05) is 5.56 Å². The molecule has 0 saturated carbocycles. The first kappa shape index (κ1) is 14.8. The number of rotatable bonds is 5. The Kier molecular flexibility index (Phi) is 4.11. The maximum atomic E-state index is 11.0. The summed E-state index contributed by atoms with van der Waals surface area (Å²) >= 11 is 0. The number of aromatic nitrogens is 2. The molecule has 0 fully saturated rings. The van der Waals surface area contributed by atoms with Crippen molar-refractivity contribution in [1.82, 2.24) is 9.78 Å². The van der Waals surface area contributed by atoms with Gasteiger partial charge in [0.2, 0.25) is 0 Å². The normalized spacial score (nSPS) is 10.5. The van der Waals surface area contributed by atoms with Crippen LogP contribution in [0, 0.1) is 24.0 Å². The lowest BCUT2D eigenvalue weighted by molar-refractivity contribution is -0.386. The topological polar surface area (TPSA) is 79.4 Å². The lowest BCUT2D eigenvalue weighted by atomic mass is 10.2. The van der Waals surface area contributed by atoms with E-state index in [9.17, 15) is 10.1 Å². The summed E-state index contributed by atoms with van der Waals surface area (Å²) in [4.78, 5) is 10.6. The van der Waals surface area contributed by atoms with Gasteiger partial charge >= 0.3 is 5.69 Å². The van der Waals surface area contributed by atoms with Gasteiger partial charge in [0.25, 0.3) is 0 Å². The van der Waals surface area contributed by atoms with Crippen molar-refractivity contribution in [2.24, 2.45) is 0 Å². The zero-order valence-electron chi connectivity index (χ0n) is 12.4. The second kappa shape index (κ2) is 5.82. The fourth-order valence-corrected chi connectivity index (χ4v) is 2.27. The Bertz CT molecular complexity index is 679. The minimum absolute atomic E-state index is 0.0527. The van der Waals surface area contributed by atoms with Crippen LogP contribution < -0.4 is 9.47 Å². The van der Waals surface area contributed by atoms with Crippen molar-refractivity contribution in [3.63, 3.8) is 0 Å². The van der Waals surface area contributed by atoms with Gasteiger partial charge in [0.1, 0.15) is 22.9 Å². The summed E-state index contributed by atoms with van der Waals surface area (Å²) < 4.78 is 12.1. The van der Waals surface area contributed by atoms with Gasteiger partial charge < -0.3 is 9.47 Å². The molecule has 21 heavy (non-hydrogen) atoms. The lowest BCUT2D eigenvalue weighted by Gasteiger charge is -2.11. The molecule has 0 atom stereocenters. The van der Waals surface area contributed by atoms with Gasteiger partial charge in [-0.1, -0.05) is 0 Å². The first-order chi connectivity index (χ1) is 9.97. The molecule has 2 aromatic rings. The first-order valence-electron chi connectivity index (χ1n) is 6.37. The van der Waals surface area contributed by atoms with Crippen molar-refractivity contribution in [1.29, 1.82) is 0 Å². The van der Waals surface area contributed by atoms with Crippen LogP contribution in [0.2, 0.25) is 0 Å². The Balaban J connectivity index is 2.43. The predicted molar refractivity (Wildman–Crippen MR) is 77.0 cm³/mol. The molecule has 0 amide bonds. The maximum absolute atomic E-state index is 11.0. The van der Waals surface area contributed by atoms with E-state index < -0.39 is 4.92 Å².